The highest BCUT2D eigenvalue weighted by Gasteiger charge is 2.24. The van der Waals surface area contributed by atoms with Crippen LogP contribution in [0.4, 0.5) is 0 Å². The van der Waals surface area contributed by atoms with Crippen molar-refractivity contribution < 1.29 is 4.79 Å². The van der Waals surface area contributed by atoms with Gasteiger partial charge in [0.1, 0.15) is 0 Å². The second-order valence-corrected chi connectivity index (χ2v) is 5.74. The lowest BCUT2D eigenvalue weighted by Crippen LogP contribution is -2.11. The molecule has 0 aromatic heterocycles. The van der Waals surface area contributed by atoms with Gasteiger partial charge in [0.2, 0.25) is 0 Å². The fourth-order valence-electron chi connectivity index (χ4n) is 2.10. The Hall–Kier alpha value is -0.150. The number of hydrogen-bond acceptors (Lipinski definition) is 1. The highest BCUT2D eigenvalue weighted by molar-refractivity contribution is 9.11. The van der Waals surface area contributed by atoms with Crippen molar-refractivity contribution in [2.75, 3.05) is 0 Å². The Labute approximate surface area is 107 Å². The first-order chi connectivity index (χ1) is 7.18. The Kier molecular flexibility index (Phi) is 3.62. The van der Waals surface area contributed by atoms with Gasteiger partial charge in [-0.25, -0.2) is 0 Å². The predicted molar refractivity (Wildman–Crippen MR) is 68.1 cm³/mol. The molecular formula is C12H12Br2O. The standard InChI is InChI=1S/C12H12Br2O/c13-9-5-6-10(11(14)7-9)12(15)8-3-1-2-4-8/h5-8H,1-4H2. The molecule has 1 aromatic carbocycles. The molecule has 1 fully saturated rings. The summed E-state index contributed by atoms with van der Waals surface area (Å²) in [7, 11) is 0. The zero-order valence-corrected chi connectivity index (χ0v) is 11.5. The summed E-state index contributed by atoms with van der Waals surface area (Å²) in [4.78, 5) is 12.1. The number of carbonyl (C=O) groups is 1. The highest BCUT2D eigenvalue weighted by Crippen LogP contribution is 2.31. The largest absolute Gasteiger partial charge is 0.294 e. The van der Waals surface area contributed by atoms with Crippen molar-refractivity contribution in [2.45, 2.75) is 25.7 Å². The van der Waals surface area contributed by atoms with Crippen LogP contribution in [0.3, 0.4) is 0 Å². The lowest BCUT2D eigenvalue weighted by Gasteiger charge is -2.09. The second kappa shape index (κ2) is 4.79. The van der Waals surface area contributed by atoms with E-state index in [1.54, 1.807) is 0 Å². The number of hydrogen-bond donors (Lipinski definition) is 0. The molecule has 0 heterocycles. The smallest absolute Gasteiger partial charge is 0.167 e. The lowest BCUT2D eigenvalue weighted by molar-refractivity contribution is 0.0922. The Morgan fingerprint density at radius 3 is 2.47 bits per heavy atom. The summed E-state index contributed by atoms with van der Waals surface area (Å²) < 4.78 is 1.89. The minimum atomic E-state index is 0.252. The van der Waals surface area contributed by atoms with Crippen LogP contribution in [0.2, 0.25) is 0 Å². The second-order valence-electron chi connectivity index (χ2n) is 3.97. The van der Waals surface area contributed by atoms with Gasteiger partial charge >= 0.3 is 0 Å². The van der Waals surface area contributed by atoms with E-state index in [1.165, 1.54) is 12.8 Å². The van der Waals surface area contributed by atoms with E-state index in [2.05, 4.69) is 31.9 Å². The monoisotopic (exact) mass is 330 g/mol. The van der Waals surface area contributed by atoms with E-state index in [4.69, 9.17) is 0 Å². The minimum absolute atomic E-state index is 0.252. The summed E-state index contributed by atoms with van der Waals surface area (Å²) in [5.74, 6) is 0.550. The molecule has 0 spiro atoms. The molecule has 3 heteroatoms. The maximum absolute atomic E-state index is 12.1. The third-order valence-corrected chi connectivity index (χ3v) is 4.07. The van der Waals surface area contributed by atoms with Crippen LogP contribution < -0.4 is 0 Å². The van der Waals surface area contributed by atoms with E-state index in [9.17, 15) is 4.79 Å². The average Bonchev–Trinajstić information content (AvgIpc) is 2.69. The van der Waals surface area contributed by atoms with E-state index < -0.39 is 0 Å². The van der Waals surface area contributed by atoms with Crippen LogP contribution in [-0.4, -0.2) is 5.78 Å². The fraction of sp³-hybridized carbons (Fsp3) is 0.417. The molecule has 0 amide bonds. The zero-order chi connectivity index (χ0) is 10.8. The number of carbonyl (C=O) groups excluding carboxylic acids is 1. The summed E-state index contributed by atoms with van der Waals surface area (Å²) in [6, 6.07) is 5.75. The first-order valence-corrected chi connectivity index (χ1v) is 6.76. The molecular weight excluding hydrogens is 320 g/mol. The van der Waals surface area contributed by atoms with Gasteiger partial charge < -0.3 is 0 Å². The maximum Gasteiger partial charge on any atom is 0.167 e. The van der Waals surface area contributed by atoms with E-state index in [1.807, 2.05) is 18.2 Å². The number of ketones is 1. The van der Waals surface area contributed by atoms with Gasteiger partial charge in [0.25, 0.3) is 0 Å². The third-order valence-electron chi connectivity index (χ3n) is 2.92. The molecule has 1 nitrogen and oxygen atoms in total. The van der Waals surface area contributed by atoms with Crippen LogP contribution in [-0.2, 0) is 0 Å². The Bertz CT molecular complexity index is 381. The molecule has 1 aliphatic rings. The molecule has 1 aliphatic carbocycles. The lowest BCUT2D eigenvalue weighted by atomic mass is 9.96. The molecule has 0 atom stereocenters. The molecule has 0 N–H and O–H groups in total. The Morgan fingerprint density at radius 1 is 1.20 bits per heavy atom. The molecule has 0 bridgehead atoms. The van der Waals surface area contributed by atoms with Gasteiger partial charge in [0.15, 0.2) is 5.78 Å². The van der Waals surface area contributed by atoms with Crippen LogP contribution in [0.15, 0.2) is 27.1 Å². The number of halogens is 2. The molecule has 1 saturated carbocycles. The van der Waals surface area contributed by atoms with Gasteiger partial charge in [-0.05, 0) is 31.0 Å². The number of rotatable bonds is 2. The quantitative estimate of drug-likeness (QED) is 0.725. The van der Waals surface area contributed by atoms with Crippen LogP contribution >= 0.6 is 31.9 Å². The molecule has 0 unspecified atom stereocenters. The SMILES string of the molecule is O=C(c1ccc(Br)cc1Br)C1CCCC1. The van der Waals surface area contributed by atoms with E-state index in [-0.39, 0.29) is 5.92 Å². The summed E-state index contributed by atoms with van der Waals surface area (Å²) >= 11 is 6.83. The Morgan fingerprint density at radius 2 is 1.87 bits per heavy atom. The van der Waals surface area contributed by atoms with E-state index >= 15 is 0 Å². The normalized spacial score (nSPS) is 16.9. The van der Waals surface area contributed by atoms with Crippen LogP contribution in [0.25, 0.3) is 0 Å². The zero-order valence-electron chi connectivity index (χ0n) is 8.30. The summed E-state index contributed by atoms with van der Waals surface area (Å²) in [5.41, 5.74) is 0.824. The van der Waals surface area contributed by atoms with Crippen molar-refractivity contribution in [3.8, 4) is 0 Å². The van der Waals surface area contributed by atoms with Crippen molar-refractivity contribution in [1.82, 2.24) is 0 Å². The van der Waals surface area contributed by atoms with Crippen molar-refractivity contribution >= 4 is 37.6 Å². The van der Waals surface area contributed by atoms with Crippen molar-refractivity contribution in [1.29, 1.82) is 0 Å². The molecule has 80 valence electrons. The minimum Gasteiger partial charge on any atom is -0.294 e. The summed E-state index contributed by atoms with van der Waals surface area (Å²) in [6.45, 7) is 0. The first-order valence-electron chi connectivity index (χ1n) is 5.18. The third kappa shape index (κ3) is 2.51. The van der Waals surface area contributed by atoms with Gasteiger partial charge in [-0.15, -0.1) is 0 Å². The van der Waals surface area contributed by atoms with Gasteiger partial charge in [-0.2, -0.15) is 0 Å². The fourth-order valence-corrected chi connectivity index (χ4v) is 3.34. The number of benzene rings is 1. The van der Waals surface area contributed by atoms with Crippen LogP contribution in [0.1, 0.15) is 36.0 Å². The summed E-state index contributed by atoms with van der Waals surface area (Å²) in [5, 5.41) is 0. The van der Waals surface area contributed by atoms with E-state index in [0.29, 0.717) is 5.78 Å². The number of Topliss-reactive ketones (excluding diaryl/α,β-unsaturated/α-hetero) is 1. The van der Waals surface area contributed by atoms with Crippen LogP contribution in [0, 0.1) is 5.92 Å². The molecule has 2 rings (SSSR count). The Balaban J connectivity index is 2.24. The van der Waals surface area contributed by atoms with Crippen molar-refractivity contribution in [3.05, 3.63) is 32.7 Å². The summed E-state index contributed by atoms with van der Waals surface area (Å²) in [6.07, 6.45) is 4.51. The molecule has 0 aliphatic heterocycles. The van der Waals surface area contributed by atoms with Gasteiger partial charge in [-0.3, -0.25) is 4.79 Å². The highest BCUT2D eigenvalue weighted by atomic mass is 79.9. The van der Waals surface area contributed by atoms with Crippen LogP contribution in [0.5, 0.6) is 0 Å². The van der Waals surface area contributed by atoms with Gasteiger partial charge in [0.05, 0.1) is 0 Å². The molecule has 1 aromatic rings. The topological polar surface area (TPSA) is 17.1 Å². The van der Waals surface area contributed by atoms with Gasteiger partial charge in [-0.1, -0.05) is 44.7 Å². The van der Waals surface area contributed by atoms with Gasteiger partial charge in [0, 0.05) is 20.4 Å². The molecule has 15 heavy (non-hydrogen) atoms. The maximum atomic E-state index is 12.1. The predicted octanol–water partition coefficient (Wildman–Crippen LogP) is 4.58. The van der Waals surface area contributed by atoms with Crippen molar-refractivity contribution in [3.63, 3.8) is 0 Å². The average molecular weight is 332 g/mol. The molecule has 0 saturated heterocycles. The first kappa shape index (κ1) is 11.3. The van der Waals surface area contributed by atoms with Crippen molar-refractivity contribution in [2.24, 2.45) is 5.92 Å². The molecule has 0 radical (unpaired) electrons. The van der Waals surface area contributed by atoms with E-state index in [0.717, 1.165) is 27.4 Å².